The van der Waals surface area contributed by atoms with Crippen LogP contribution in [0.15, 0.2) is 18.3 Å². The van der Waals surface area contributed by atoms with Gasteiger partial charge in [-0.25, -0.2) is 4.98 Å². The topological polar surface area (TPSA) is 88.3 Å². The lowest BCUT2D eigenvalue weighted by Gasteiger charge is -2.32. The lowest BCUT2D eigenvalue weighted by atomic mass is 9.95. The van der Waals surface area contributed by atoms with Crippen LogP contribution in [0.3, 0.4) is 0 Å². The number of piperidine rings is 1. The molecule has 134 valence electrons. The zero-order valence-electron chi connectivity index (χ0n) is 13.7. The highest BCUT2D eigenvalue weighted by Gasteiger charge is 2.29. The number of amides is 2. The van der Waals surface area contributed by atoms with Crippen LogP contribution < -0.4 is 11.1 Å². The van der Waals surface area contributed by atoms with Gasteiger partial charge in [-0.15, -0.1) is 12.4 Å². The number of rotatable bonds is 5. The third-order valence-electron chi connectivity index (χ3n) is 4.07. The van der Waals surface area contributed by atoms with Crippen LogP contribution in [0.2, 0.25) is 5.02 Å². The number of nitrogens with two attached hydrogens (primary N) is 1. The standard InChI is InChI=1S/C16H23ClN4O2.ClH/c1-2-3-13(18)16(23)21-8-6-11(7-9-21)15(22)20-14-5-4-12(17)10-19-14;/h4-5,10-11,13H,2-3,6-9,18H2,1H3,(H,19,20,22);1H. The normalized spacial score (nSPS) is 16.2. The quantitative estimate of drug-likeness (QED) is 0.828. The molecule has 2 rings (SSSR count). The number of carbonyl (C=O) groups is 2. The fourth-order valence-corrected chi connectivity index (χ4v) is 2.82. The molecular weight excluding hydrogens is 351 g/mol. The number of likely N-dealkylation sites (tertiary alicyclic amines) is 1. The van der Waals surface area contributed by atoms with Gasteiger partial charge in [0.1, 0.15) is 5.82 Å². The van der Waals surface area contributed by atoms with E-state index in [1.54, 1.807) is 17.0 Å². The second-order valence-electron chi connectivity index (χ2n) is 5.85. The van der Waals surface area contributed by atoms with Crippen LogP contribution in [-0.2, 0) is 9.59 Å². The second kappa shape index (κ2) is 9.81. The van der Waals surface area contributed by atoms with E-state index in [2.05, 4.69) is 10.3 Å². The highest BCUT2D eigenvalue weighted by atomic mass is 35.5. The zero-order chi connectivity index (χ0) is 16.8. The molecule has 0 spiro atoms. The van der Waals surface area contributed by atoms with Gasteiger partial charge in [-0.2, -0.15) is 0 Å². The van der Waals surface area contributed by atoms with E-state index in [4.69, 9.17) is 17.3 Å². The first-order chi connectivity index (χ1) is 11.0. The molecule has 6 nitrogen and oxygen atoms in total. The molecule has 1 atom stereocenters. The Bertz CT molecular complexity index is 546. The molecule has 1 aliphatic heterocycles. The highest BCUT2D eigenvalue weighted by Crippen LogP contribution is 2.20. The van der Waals surface area contributed by atoms with E-state index in [1.165, 1.54) is 6.20 Å². The Morgan fingerprint density at radius 3 is 2.62 bits per heavy atom. The van der Waals surface area contributed by atoms with E-state index in [9.17, 15) is 9.59 Å². The minimum Gasteiger partial charge on any atom is -0.341 e. The Morgan fingerprint density at radius 2 is 2.08 bits per heavy atom. The maximum Gasteiger partial charge on any atom is 0.239 e. The maximum absolute atomic E-state index is 12.3. The van der Waals surface area contributed by atoms with E-state index in [0.717, 1.165) is 6.42 Å². The van der Waals surface area contributed by atoms with Crippen molar-refractivity contribution in [3.05, 3.63) is 23.4 Å². The third-order valence-corrected chi connectivity index (χ3v) is 4.30. The molecule has 1 aromatic rings. The van der Waals surface area contributed by atoms with Crippen molar-refractivity contribution in [1.82, 2.24) is 9.88 Å². The van der Waals surface area contributed by atoms with Crippen molar-refractivity contribution in [1.29, 1.82) is 0 Å². The number of pyridine rings is 1. The third kappa shape index (κ3) is 5.61. The van der Waals surface area contributed by atoms with Gasteiger partial charge in [0.15, 0.2) is 0 Å². The van der Waals surface area contributed by atoms with E-state index in [0.29, 0.717) is 43.2 Å². The highest BCUT2D eigenvalue weighted by molar-refractivity contribution is 6.30. The Morgan fingerprint density at radius 1 is 1.42 bits per heavy atom. The summed E-state index contributed by atoms with van der Waals surface area (Å²) in [6.45, 7) is 3.15. The number of halogens is 2. The average molecular weight is 375 g/mol. The summed E-state index contributed by atoms with van der Waals surface area (Å²) >= 11 is 5.77. The fraction of sp³-hybridized carbons (Fsp3) is 0.562. The van der Waals surface area contributed by atoms with Gasteiger partial charge < -0.3 is 16.0 Å². The van der Waals surface area contributed by atoms with Gasteiger partial charge in [-0.05, 0) is 31.4 Å². The van der Waals surface area contributed by atoms with Gasteiger partial charge in [0, 0.05) is 25.2 Å². The number of anilines is 1. The van der Waals surface area contributed by atoms with Gasteiger partial charge in [-0.3, -0.25) is 9.59 Å². The summed E-state index contributed by atoms with van der Waals surface area (Å²) in [7, 11) is 0. The summed E-state index contributed by atoms with van der Waals surface area (Å²) < 4.78 is 0. The first kappa shape index (κ1) is 20.7. The molecule has 0 aromatic carbocycles. The number of aromatic nitrogens is 1. The number of hydrogen-bond acceptors (Lipinski definition) is 4. The van der Waals surface area contributed by atoms with Crippen LogP contribution in [0, 0.1) is 5.92 Å². The summed E-state index contributed by atoms with van der Waals surface area (Å²) in [4.78, 5) is 30.2. The monoisotopic (exact) mass is 374 g/mol. The van der Waals surface area contributed by atoms with E-state index in [1.807, 2.05) is 6.92 Å². The van der Waals surface area contributed by atoms with Crippen molar-refractivity contribution in [3.63, 3.8) is 0 Å². The molecule has 0 radical (unpaired) electrons. The molecule has 1 unspecified atom stereocenters. The second-order valence-corrected chi connectivity index (χ2v) is 6.28. The van der Waals surface area contributed by atoms with Crippen LogP contribution in [0.4, 0.5) is 5.82 Å². The van der Waals surface area contributed by atoms with Crippen molar-refractivity contribution in [2.75, 3.05) is 18.4 Å². The molecule has 24 heavy (non-hydrogen) atoms. The van der Waals surface area contributed by atoms with Crippen molar-refractivity contribution < 1.29 is 9.59 Å². The van der Waals surface area contributed by atoms with Crippen LogP contribution >= 0.6 is 24.0 Å². The number of nitrogens with one attached hydrogen (secondary N) is 1. The SMILES string of the molecule is CCCC(N)C(=O)N1CCC(C(=O)Nc2ccc(Cl)cn2)CC1.Cl. The summed E-state index contributed by atoms with van der Waals surface area (Å²) in [6, 6.07) is 2.92. The molecule has 0 saturated carbocycles. The Kier molecular flexibility index (Phi) is 8.45. The number of nitrogens with zero attached hydrogens (tertiary/aromatic N) is 2. The molecule has 1 aromatic heterocycles. The van der Waals surface area contributed by atoms with Gasteiger partial charge in [-0.1, -0.05) is 24.9 Å². The van der Waals surface area contributed by atoms with E-state index < -0.39 is 6.04 Å². The van der Waals surface area contributed by atoms with Gasteiger partial charge in [0.25, 0.3) is 0 Å². The maximum atomic E-state index is 12.3. The summed E-state index contributed by atoms with van der Waals surface area (Å²) in [6.07, 6.45) is 4.36. The van der Waals surface area contributed by atoms with E-state index >= 15 is 0 Å². The molecule has 2 amide bonds. The summed E-state index contributed by atoms with van der Waals surface area (Å²) in [5, 5.41) is 3.32. The first-order valence-electron chi connectivity index (χ1n) is 7.98. The summed E-state index contributed by atoms with van der Waals surface area (Å²) in [5.41, 5.74) is 5.88. The fourth-order valence-electron chi connectivity index (χ4n) is 2.71. The average Bonchev–Trinajstić information content (AvgIpc) is 2.56. The van der Waals surface area contributed by atoms with E-state index in [-0.39, 0.29) is 30.1 Å². The van der Waals surface area contributed by atoms with Crippen molar-refractivity contribution >= 4 is 41.6 Å². The molecule has 1 saturated heterocycles. The lowest BCUT2D eigenvalue weighted by molar-refractivity contribution is -0.135. The van der Waals surface area contributed by atoms with Crippen LogP contribution in [-0.4, -0.2) is 40.8 Å². The molecule has 0 bridgehead atoms. The smallest absolute Gasteiger partial charge is 0.239 e. The molecular formula is C16H24Cl2N4O2. The predicted octanol–water partition coefficient (Wildman–Crippen LogP) is 2.46. The van der Waals surface area contributed by atoms with Gasteiger partial charge in [0.05, 0.1) is 11.1 Å². The van der Waals surface area contributed by atoms with Crippen LogP contribution in [0.25, 0.3) is 0 Å². The Labute approximate surface area is 153 Å². The van der Waals surface area contributed by atoms with Gasteiger partial charge >= 0.3 is 0 Å². The minimum atomic E-state index is -0.427. The Balaban J connectivity index is 0.00000288. The Hall–Kier alpha value is -1.37. The molecule has 0 aliphatic carbocycles. The predicted molar refractivity (Wildman–Crippen MR) is 97.3 cm³/mol. The molecule has 2 heterocycles. The number of hydrogen-bond donors (Lipinski definition) is 2. The van der Waals surface area contributed by atoms with Gasteiger partial charge in [0.2, 0.25) is 11.8 Å². The zero-order valence-corrected chi connectivity index (χ0v) is 15.3. The van der Waals surface area contributed by atoms with Crippen molar-refractivity contribution in [3.8, 4) is 0 Å². The minimum absolute atomic E-state index is 0. The molecule has 1 fully saturated rings. The summed E-state index contributed by atoms with van der Waals surface area (Å²) in [5.74, 6) is 0.302. The molecule has 3 N–H and O–H groups in total. The number of carbonyl (C=O) groups excluding carboxylic acids is 2. The molecule has 1 aliphatic rings. The van der Waals surface area contributed by atoms with Crippen molar-refractivity contribution in [2.45, 2.75) is 38.6 Å². The van der Waals surface area contributed by atoms with Crippen molar-refractivity contribution in [2.24, 2.45) is 11.7 Å². The molecule has 8 heteroatoms. The first-order valence-corrected chi connectivity index (χ1v) is 8.35. The largest absolute Gasteiger partial charge is 0.341 e. The van der Waals surface area contributed by atoms with Crippen LogP contribution in [0.1, 0.15) is 32.6 Å². The van der Waals surface area contributed by atoms with Crippen LogP contribution in [0.5, 0.6) is 0 Å². The lowest BCUT2D eigenvalue weighted by Crippen LogP contribution is -2.48.